The molecule has 0 bridgehead atoms. The van der Waals surface area contributed by atoms with Crippen LogP contribution in [0.1, 0.15) is 10.4 Å². The molecule has 13 heavy (non-hydrogen) atoms. The zero-order valence-electron chi connectivity index (χ0n) is 6.56. The van der Waals surface area contributed by atoms with Crippen LogP contribution < -0.4 is 5.73 Å². The fourth-order valence-electron chi connectivity index (χ4n) is 0.817. The molecule has 0 amide bonds. The minimum absolute atomic E-state index is 0.0462. The Balaban J connectivity index is 2.89. The number of carbonyl (C=O) groups excluding carboxylic acids is 1. The van der Waals surface area contributed by atoms with Gasteiger partial charge in [0.1, 0.15) is 0 Å². The van der Waals surface area contributed by atoms with Crippen molar-refractivity contribution in [3.63, 3.8) is 0 Å². The Labute approximate surface area is 73.7 Å². The molecule has 3 N–H and O–H groups in total. The molecule has 68 valence electrons. The molecule has 0 aliphatic rings. The van der Waals surface area contributed by atoms with Crippen molar-refractivity contribution < 1.29 is 19.4 Å². The third-order valence-electron chi connectivity index (χ3n) is 1.36. The van der Waals surface area contributed by atoms with E-state index in [0.717, 1.165) is 0 Å². The van der Waals surface area contributed by atoms with Crippen LogP contribution >= 0.6 is 0 Å². The van der Waals surface area contributed by atoms with Gasteiger partial charge in [-0.25, -0.2) is 9.59 Å². The average Bonchev–Trinajstić information content (AvgIpc) is 2.03. The van der Waals surface area contributed by atoms with E-state index in [9.17, 15) is 9.59 Å². The lowest BCUT2D eigenvalue weighted by molar-refractivity contribution is 0.0510. The minimum Gasteiger partial charge on any atom is -0.449 e. The van der Waals surface area contributed by atoms with Crippen molar-refractivity contribution in [2.75, 3.05) is 5.73 Å². The lowest BCUT2D eigenvalue weighted by Gasteiger charge is -2.01. The highest BCUT2D eigenvalue weighted by atomic mass is 16.7. The quantitative estimate of drug-likeness (QED) is 0.384. The zero-order valence-corrected chi connectivity index (χ0v) is 6.56. The highest BCUT2D eigenvalue weighted by Gasteiger charge is 2.13. The largest absolute Gasteiger partial charge is 0.513 e. The van der Waals surface area contributed by atoms with Crippen molar-refractivity contribution in [2.45, 2.75) is 0 Å². The molecule has 0 unspecified atom stereocenters. The number of para-hydroxylation sites is 1. The first kappa shape index (κ1) is 9.05. The number of carboxylic acid groups (broad SMARTS) is 1. The number of anilines is 1. The maximum atomic E-state index is 11.0. The first-order chi connectivity index (χ1) is 6.11. The SMILES string of the molecule is Nc1ccccc1C(=O)OC(=O)O. The molecule has 0 saturated heterocycles. The first-order valence-electron chi connectivity index (χ1n) is 3.41. The molecule has 0 spiro atoms. The number of esters is 1. The molecule has 0 saturated carbocycles. The van der Waals surface area contributed by atoms with Crippen LogP contribution in [0.5, 0.6) is 0 Å². The van der Waals surface area contributed by atoms with Gasteiger partial charge in [-0.05, 0) is 12.1 Å². The normalized spacial score (nSPS) is 9.23. The molecule has 5 heteroatoms. The molecule has 0 fully saturated rings. The molecule has 5 nitrogen and oxygen atoms in total. The van der Waals surface area contributed by atoms with E-state index in [2.05, 4.69) is 4.74 Å². The van der Waals surface area contributed by atoms with E-state index in [0.29, 0.717) is 0 Å². The summed E-state index contributed by atoms with van der Waals surface area (Å²) in [4.78, 5) is 21.0. The third kappa shape index (κ3) is 2.19. The van der Waals surface area contributed by atoms with Crippen LogP contribution in [0.15, 0.2) is 24.3 Å². The Bertz CT molecular complexity index is 348. The van der Waals surface area contributed by atoms with E-state index in [1.165, 1.54) is 12.1 Å². The van der Waals surface area contributed by atoms with Gasteiger partial charge in [0.05, 0.1) is 5.56 Å². The molecule has 0 radical (unpaired) electrons. The van der Waals surface area contributed by atoms with Gasteiger partial charge >= 0.3 is 12.1 Å². The van der Waals surface area contributed by atoms with Crippen molar-refractivity contribution >= 4 is 17.8 Å². The van der Waals surface area contributed by atoms with Crippen LogP contribution in [0.3, 0.4) is 0 Å². The topological polar surface area (TPSA) is 89.6 Å². The second-order valence-electron chi connectivity index (χ2n) is 2.24. The van der Waals surface area contributed by atoms with Gasteiger partial charge in [0.15, 0.2) is 0 Å². The van der Waals surface area contributed by atoms with Crippen LogP contribution in [0.4, 0.5) is 10.5 Å². The minimum atomic E-state index is -1.65. The number of nitrogen functional groups attached to an aromatic ring is 1. The van der Waals surface area contributed by atoms with Gasteiger partial charge in [-0.3, -0.25) is 0 Å². The highest BCUT2D eigenvalue weighted by molar-refractivity contribution is 5.99. The summed E-state index contributed by atoms with van der Waals surface area (Å²) >= 11 is 0. The number of hydrogen-bond acceptors (Lipinski definition) is 4. The van der Waals surface area contributed by atoms with Crippen molar-refractivity contribution in [3.05, 3.63) is 29.8 Å². The number of benzene rings is 1. The predicted octanol–water partition coefficient (Wildman–Crippen LogP) is 1.10. The molecule has 0 aliphatic heterocycles. The summed E-state index contributed by atoms with van der Waals surface area (Å²) in [5, 5.41) is 8.15. The van der Waals surface area contributed by atoms with Crippen molar-refractivity contribution in [1.82, 2.24) is 0 Å². The third-order valence-corrected chi connectivity index (χ3v) is 1.36. The molecular formula is C8H7NO4. The van der Waals surface area contributed by atoms with Crippen LogP contribution in [0, 0.1) is 0 Å². The zero-order chi connectivity index (χ0) is 9.84. The molecule has 1 aromatic carbocycles. The Morgan fingerprint density at radius 2 is 1.92 bits per heavy atom. The summed E-state index contributed by atoms with van der Waals surface area (Å²) < 4.78 is 3.91. The number of ether oxygens (including phenoxy) is 1. The highest BCUT2D eigenvalue weighted by Crippen LogP contribution is 2.11. The van der Waals surface area contributed by atoms with E-state index in [1.807, 2.05) is 0 Å². The molecule has 0 aliphatic carbocycles. The van der Waals surface area contributed by atoms with E-state index in [1.54, 1.807) is 12.1 Å². The fourth-order valence-corrected chi connectivity index (χ4v) is 0.817. The number of carbonyl (C=O) groups is 2. The lowest BCUT2D eigenvalue weighted by atomic mass is 10.2. The Morgan fingerprint density at radius 1 is 1.31 bits per heavy atom. The molecule has 0 heterocycles. The smallest absolute Gasteiger partial charge is 0.449 e. The number of hydrogen-bond donors (Lipinski definition) is 2. The maximum absolute atomic E-state index is 11.0. The summed E-state index contributed by atoms with van der Waals surface area (Å²) in [5.74, 6) is -0.967. The monoisotopic (exact) mass is 181 g/mol. The summed E-state index contributed by atoms with van der Waals surface area (Å²) in [6, 6.07) is 6.07. The van der Waals surface area contributed by atoms with Gasteiger partial charge in [-0.2, -0.15) is 0 Å². The van der Waals surface area contributed by atoms with Crippen molar-refractivity contribution in [3.8, 4) is 0 Å². The predicted molar refractivity (Wildman–Crippen MR) is 44.3 cm³/mol. The van der Waals surface area contributed by atoms with Gasteiger partial charge in [-0.15, -0.1) is 0 Å². The summed E-state index contributed by atoms with van der Waals surface area (Å²) in [5.41, 5.74) is 5.64. The van der Waals surface area contributed by atoms with Crippen LogP contribution in [-0.4, -0.2) is 17.2 Å². The van der Waals surface area contributed by atoms with Gasteiger partial charge in [-0.1, -0.05) is 12.1 Å². The fraction of sp³-hybridized carbons (Fsp3) is 0. The lowest BCUT2D eigenvalue weighted by Crippen LogP contribution is -2.11. The summed E-state index contributed by atoms with van der Waals surface area (Å²) in [6.45, 7) is 0. The van der Waals surface area contributed by atoms with Gasteiger partial charge < -0.3 is 15.6 Å². The second-order valence-corrected chi connectivity index (χ2v) is 2.24. The Morgan fingerprint density at radius 3 is 2.46 bits per heavy atom. The number of nitrogens with two attached hydrogens (primary N) is 1. The van der Waals surface area contributed by atoms with Crippen LogP contribution in [0.2, 0.25) is 0 Å². The van der Waals surface area contributed by atoms with Gasteiger partial charge in [0.25, 0.3) is 0 Å². The summed E-state index contributed by atoms with van der Waals surface area (Å²) in [6.07, 6.45) is -1.65. The van der Waals surface area contributed by atoms with Crippen molar-refractivity contribution in [2.24, 2.45) is 0 Å². The second kappa shape index (κ2) is 3.57. The van der Waals surface area contributed by atoms with Crippen LogP contribution in [0.25, 0.3) is 0 Å². The number of rotatable bonds is 1. The van der Waals surface area contributed by atoms with Gasteiger partial charge in [0, 0.05) is 5.69 Å². The van der Waals surface area contributed by atoms with E-state index in [4.69, 9.17) is 10.8 Å². The van der Waals surface area contributed by atoms with Gasteiger partial charge in [0.2, 0.25) is 0 Å². The molecule has 1 rings (SSSR count). The molecule has 0 aromatic heterocycles. The van der Waals surface area contributed by atoms with Crippen LogP contribution in [-0.2, 0) is 4.74 Å². The maximum Gasteiger partial charge on any atom is 0.513 e. The van der Waals surface area contributed by atoms with E-state index in [-0.39, 0.29) is 11.3 Å². The molecule has 1 aromatic rings. The molecule has 0 atom stereocenters. The molecular weight excluding hydrogens is 174 g/mol. The van der Waals surface area contributed by atoms with Crippen molar-refractivity contribution in [1.29, 1.82) is 0 Å². The first-order valence-corrected chi connectivity index (χ1v) is 3.41. The Hall–Kier alpha value is -2.04. The van der Waals surface area contributed by atoms with E-state index < -0.39 is 12.1 Å². The standard InChI is InChI=1S/C8H7NO4/c9-6-4-2-1-3-5(6)7(10)13-8(11)12/h1-4H,9H2,(H,11,12). The van der Waals surface area contributed by atoms with E-state index >= 15 is 0 Å². The Kier molecular flexibility index (Phi) is 2.49. The average molecular weight is 181 g/mol. The summed E-state index contributed by atoms with van der Waals surface area (Å²) in [7, 11) is 0.